The molecule has 1 saturated heterocycles. The number of hydrogen-bond acceptors (Lipinski definition) is 3. The molecule has 5 nitrogen and oxygen atoms in total. The van der Waals surface area contributed by atoms with Crippen molar-refractivity contribution in [3.05, 3.63) is 70.7 Å². The average molecular weight is 459 g/mol. The average Bonchev–Trinajstić information content (AvgIpc) is 3.08. The maximum atomic E-state index is 13.0. The smallest absolute Gasteiger partial charge is 0.369 e. The van der Waals surface area contributed by atoms with Crippen molar-refractivity contribution in [2.24, 2.45) is 0 Å². The number of benzene rings is 2. The van der Waals surface area contributed by atoms with Crippen LogP contribution in [0.4, 0.5) is 18.9 Å². The fourth-order valence-corrected chi connectivity index (χ4v) is 4.36. The minimum atomic E-state index is -4.32. The van der Waals surface area contributed by atoms with Crippen molar-refractivity contribution in [1.82, 2.24) is 14.0 Å². The van der Waals surface area contributed by atoms with Gasteiger partial charge in [0.1, 0.15) is 0 Å². The van der Waals surface area contributed by atoms with Crippen LogP contribution < -0.4 is 10.6 Å². The van der Waals surface area contributed by atoms with Gasteiger partial charge in [-0.1, -0.05) is 31.2 Å². The molecule has 0 unspecified atom stereocenters. The zero-order valence-electron chi connectivity index (χ0n) is 18.8. The summed E-state index contributed by atoms with van der Waals surface area (Å²) in [4.78, 5) is 17.1. The van der Waals surface area contributed by atoms with E-state index in [2.05, 4.69) is 11.8 Å². The Kier molecular flexibility index (Phi) is 6.93. The molecule has 1 aliphatic rings. The Morgan fingerprint density at radius 2 is 1.67 bits per heavy atom. The Hall–Kier alpha value is -3.00. The molecule has 4 rings (SSSR count). The molecular formula is C25H29F3N4O. The van der Waals surface area contributed by atoms with Crippen molar-refractivity contribution in [3.63, 3.8) is 0 Å². The number of aryl methyl sites for hydroxylation is 1. The largest absolute Gasteiger partial charge is 0.416 e. The molecule has 0 radical (unpaired) electrons. The SMILES string of the molecule is CCCn1c(=O)n(C=CCCN2CCN(c3cccc(C(F)(F)F)c3)CC2)c2ccccc21. The summed E-state index contributed by atoms with van der Waals surface area (Å²) in [6.45, 7) is 6.55. The molecule has 0 spiro atoms. The maximum absolute atomic E-state index is 13.0. The van der Waals surface area contributed by atoms with Gasteiger partial charge in [-0.15, -0.1) is 0 Å². The molecule has 3 aromatic rings. The second kappa shape index (κ2) is 9.87. The molecule has 0 aliphatic carbocycles. The highest BCUT2D eigenvalue weighted by molar-refractivity contribution is 5.78. The number of rotatable bonds is 7. The number of anilines is 1. The van der Waals surface area contributed by atoms with Crippen LogP contribution in [0.3, 0.4) is 0 Å². The highest BCUT2D eigenvalue weighted by atomic mass is 19.4. The molecular weight excluding hydrogens is 429 g/mol. The van der Waals surface area contributed by atoms with Crippen LogP contribution in [-0.4, -0.2) is 46.8 Å². The molecule has 1 fully saturated rings. The lowest BCUT2D eigenvalue weighted by atomic mass is 10.1. The lowest BCUT2D eigenvalue weighted by molar-refractivity contribution is -0.137. The van der Waals surface area contributed by atoms with Crippen molar-refractivity contribution < 1.29 is 13.2 Å². The van der Waals surface area contributed by atoms with Crippen LogP contribution in [0.5, 0.6) is 0 Å². The molecule has 0 N–H and O–H groups in total. The Balaban J connectivity index is 1.33. The standard InChI is InChI=1S/C25H29F3N4O/c1-2-12-31-22-10-3-4-11-23(22)32(24(31)33)14-6-5-13-29-15-17-30(18-16-29)21-9-7-8-20(19-21)25(26,27)28/h3-4,6-11,14,19H,2,5,12-13,15-18H2,1H3. The van der Waals surface area contributed by atoms with Gasteiger partial charge in [-0.3, -0.25) is 14.0 Å². The highest BCUT2D eigenvalue weighted by Gasteiger charge is 2.31. The predicted octanol–water partition coefficient (Wildman–Crippen LogP) is 4.91. The minimum Gasteiger partial charge on any atom is -0.369 e. The zero-order chi connectivity index (χ0) is 23.4. The number of para-hydroxylation sites is 2. The van der Waals surface area contributed by atoms with Crippen LogP contribution in [0.1, 0.15) is 25.3 Å². The van der Waals surface area contributed by atoms with E-state index in [0.29, 0.717) is 25.3 Å². The lowest BCUT2D eigenvalue weighted by Gasteiger charge is -2.36. The predicted molar refractivity (Wildman–Crippen MR) is 127 cm³/mol. The first kappa shape index (κ1) is 23.2. The molecule has 1 aliphatic heterocycles. The third kappa shape index (κ3) is 5.16. The van der Waals surface area contributed by atoms with Crippen molar-refractivity contribution in [2.45, 2.75) is 32.5 Å². The summed E-state index contributed by atoms with van der Waals surface area (Å²) in [6, 6.07) is 13.4. The van der Waals surface area contributed by atoms with Crippen molar-refractivity contribution in [2.75, 3.05) is 37.6 Å². The molecule has 2 aromatic carbocycles. The topological polar surface area (TPSA) is 33.4 Å². The van der Waals surface area contributed by atoms with Gasteiger partial charge < -0.3 is 4.90 Å². The van der Waals surface area contributed by atoms with E-state index in [0.717, 1.165) is 49.6 Å². The fourth-order valence-electron chi connectivity index (χ4n) is 4.36. The van der Waals surface area contributed by atoms with Crippen LogP contribution >= 0.6 is 0 Å². The number of imidazole rings is 1. The second-order valence-corrected chi connectivity index (χ2v) is 8.34. The van der Waals surface area contributed by atoms with Crippen LogP contribution in [0, 0.1) is 0 Å². The Morgan fingerprint density at radius 3 is 2.36 bits per heavy atom. The van der Waals surface area contributed by atoms with Crippen LogP contribution in [0.15, 0.2) is 59.4 Å². The Bertz CT molecular complexity index is 1170. The Morgan fingerprint density at radius 1 is 0.939 bits per heavy atom. The number of hydrogen-bond donors (Lipinski definition) is 0. The summed E-state index contributed by atoms with van der Waals surface area (Å²) in [5.41, 5.74) is 1.83. The normalized spacial score (nSPS) is 15.7. The van der Waals surface area contributed by atoms with Gasteiger partial charge in [0.2, 0.25) is 0 Å². The molecule has 0 amide bonds. The van der Waals surface area contributed by atoms with Gasteiger partial charge in [0, 0.05) is 51.2 Å². The van der Waals surface area contributed by atoms with Crippen LogP contribution in [0.2, 0.25) is 0 Å². The van der Waals surface area contributed by atoms with E-state index in [-0.39, 0.29) is 5.69 Å². The van der Waals surface area contributed by atoms with Gasteiger partial charge >= 0.3 is 11.9 Å². The van der Waals surface area contributed by atoms with Gasteiger partial charge in [0.15, 0.2) is 0 Å². The maximum Gasteiger partial charge on any atom is 0.416 e. The minimum absolute atomic E-state index is 0.0241. The van der Waals surface area contributed by atoms with E-state index in [1.54, 1.807) is 10.6 Å². The Labute approximate surface area is 191 Å². The first-order valence-electron chi connectivity index (χ1n) is 11.4. The fraction of sp³-hybridized carbons (Fsp3) is 0.400. The van der Waals surface area contributed by atoms with Gasteiger partial charge in [-0.2, -0.15) is 13.2 Å². The first-order chi connectivity index (χ1) is 15.9. The monoisotopic (exact) mass is 458 g/mol. The van der Waals surface area contributed by atoms with E-state index in [4.69, 9.17) is 0 Å². The number of halogens is 3. The number of piperazine rings is 1. The van der Waals surface area contributed by atoms with E-state index >= 15 is 0 Å². The van der Waals surface area contributed by atoms with Gasteiger partial charge in [-0.25, -0.2) is 4.79 Å². The molecule has 33 heavy (non-hydrogen) atoms. The van der Waals surface area contributed by atoms with Crippen LogP contribution in [0.25, 0.3) is 17.2 Å². The van der Waals surface area contributed by atoms with Crippen LogP contribution in [-0.2, 0) is 12.7 Å². The third-order valence-corrected chi connectivity index (χ3v) is 6.09. The van der Waals surface area contributed by atoms with Gasteiger partial charge in [-0.05, 0) is 43.2 Å². The summed E-state index contributed by atoms with van der Waals surface area (Å²) in [5, 5.41) is 0. The number of nitrogens with zero attached hydrogens (tertiary/aromatic N) is 4. The molecule has 1 aromatic heterocycles. The second-order valence-electron chi connectivity index (χ2n) is 8.34. The van der Waals surface area contributed by atoms with E-state index in [1.165, 1.54) is 12.1 Å². The van der Waals surface area contributed by atoms with Crippen molar-refractivity contribution in [3.8, 4) is 0 Å². The molecule has 0 saturated carbocycles. The summed E-state index contributed by atoms with van der Waals surface area (Å²) in [5.74, 6) is 0. The molecule has 2 heterocycles. The number of aromatic nitrogens is 2. The summed E-state index contributed by atoms with van der Waals surface area (Å²) in [7, 11) is 0. The van der Waals surface area contributed by atoms with E-state index < -0.39 is 11.7 Å². The molecule has 8 heteroatoms. The molecule has 0 bridgehead atoms. The molecule has 0 atom stereocenters. The van der Waals surface area contributed by atoms with Crippen molar-refractivity contribution >= 4 is 22.9 Å². The number of alkyl halides is 3. The summed E-state index contributed by atoms with van der Waals surface area (Å²) in [6.07, 6.45) is 1.24. The first-order valence-corrected chi connectivity index (χ1v) is 11.4. The number of fused-ring (bicyclic) bond motifs is 1. The molecule has 176 valence electrons. The zero-order valence-corrected chi connectivity index (χ0v) is 18.8. The summed E-state index contributed by atoms with van der Waals surface area (Å²) >= 11 is 0. The van der Waals surface area contributed by atoms with E-state index in [1.807, 2.05) is 46.0 Å². The van der Waals surface area contributed by atoms with Crippen molar-refractivity contribution in [1.29, 1.82) is 0 Å². The highest BCUT2D eigenvalue weighted by Crippen LogP contribution is 2.31. The summed E-state index contributed by atoms with van der Waals surface area (Å²) < 4.78 is 42.5. The third-order valence-electron chi connectivity index (χ3n) is 6.09. The van der Waals surface area contributed by atoms with Gasteiger partial charge in [0.05, 0.1) is 16.6 Å². The van der Waals surface area contributed by atoms with Gasteiger partial charge in [0.25, 0.3) is 0 Å². The lowest BCUT2D eigenvalue weighted by Crippen LogP contribution is -2.46. The van der Waals surface area contributed by atoms with E-state index in [9.17, 15) is 18.0 Å². The quantitative estimate of drug-likeness (QED) is 0.504.